The lowest BCUT2D eigenvalue weighted by atomic mass is 10.2. The minimum atomic E-state index is -0.194. The molecule has 6 heteroatoms. The molecule has 1 fully saturated rings. The number of rotatable bonds is 6. The van der Waals surface area contributed by atoms with E-state index >= 15 is 0 Å². The lowest BCUT2D eigenvalue weighted by molar-refractivity contribution is 0.112. The zero-order valence-corrected chi connectivity index (χ0v) is 14.2. The number of ether oxygens (including phenoxy) is 1. The van der Waals surface area contributed by atoms with E-state index < -0.39 is 0 Å². The molecule has 3 rings (SSSR count). The van der Waals surface area contributed by atoms with Crippen LogP contribution in [0.3, 0.4) is 0 Å². The van der Waals surface area contributed by atoms with E-state index in [4.69, 9.17) is 4.74 Å². The number of nitrogens with one attached hydrogen (secondary N) is 2. The number of nitrogens with zero attached hydrogens (tertiary/aromatic N) is 1. The first-order valence-electron chi connectivity index (χ1n) is 8.09. The molecule has 24 heavy (non-hydrogen) atoms. The van der Waals surface area contributed by atoms with Crippen LogP contribution in [0.4, 0.5) is 10.5 Å². The summed E-state index contributed by atoms with van der Waals surface area (Å²) < 4.78 is 5.50. The molecule has 5 nitrogen and oxygen atoms in total. The molecule has 1 saturated heterocycles. The molecule has 126 valence electrons. The third kappa shape index (κ3) is 5.25. The van der Waals surface area contributed by atoms with E-state index in [1.807, 2.05) is 42.5 Å². The van der Waals surface area contributed by atoms with Crippen molar-refractivity contribution >= 4 is 23.5 Å². The Bertz CT molecular complexity index is 660. The zero-order chi connectivity index (χ0) is 16.6. The summed E-state index contributed by atoms with van der Waals surface area (Å²) in [7, 11) is 0. The fraction of sp³-hybridized carbons (Fsp3) is 0.333. The van der Waals surface area contributed by atoms with Crippen LogP contribution in [0.2, 0.25) is 0 Å². The molecule has 1 aliphatic heterocycles. The first kappa shape index (κ1) is 16.8. The average molecular weight is 343 g/mol. The number of carbonyl (C=O) groups is 1. The Morgan fingerprint density at radius 2 is 2.25 bits per heavy atom. The number of aromatic nitrogens is 1. The van der Waals surface area contributed by atoms with E-state index in [0.29, 0.717) is 6.54 Å². The number of pyridine rings is 1. The summed E-state index contributed by atoms with van der Waals surface area (Å²) in [6.45, 7) is 1.35. The number of thioether (sulfide) groups is 1. The number of amides is 2. The van der Waals surface area contributed by atoms with Crippen molar-refractivity contribution in [3.05, 3.63) is 54.2 Å². The summed E-state index contributed by atoms with van der Waals surface area (Å²) in [4.78, 5) is 16.3. The highest BCUT2D eigenvalue weighted by atomic mass is 32.2. The Morgan fingerprint density at radius 3 is 3.04 bits per heavy atom. The molecule has 1 aliphatic rings. The summed E-state index contributed by atoms with van der Waals surface area (Å²) >= 11 is 1.67. The van der Waals surface area contributed by atoms with Crippen LogP contribution in [-0.4, -0.2) is 30.3 Å². The number of hydrogen-bond donors (Lipinski definition) is 2. The van der Waals surface area contributed by atoms with Crippen LogP contribution < -0.4 is 10.6 Å². The van der Waals surface area contributed by atoms with E-state index in [-0.39, 0.29) is 12.1 Å². The van der Waals surface area contributed by atoms with Gasteiger partial charge in [0.25, 0.3) is 0 Å². The molecule has 0 radical (unpaired) electrons. The van der Waals surface area contributed by atoms with Crippen LogP contribution in [-0.2, 0) is 10.5 Å². The molecule has 0 saturated carbocycles. The summed E-state index contributed by atoms with van der Waals surface area (Å²) in [5.74, 6) is 0.810. The Morgan fingerprint density at radius 1 is 1.29 bits per heavy atom. The van der Waals surface area contributed by atoms with Crippen LogP contribution in [0.1, 0.15) is 18.4 Å². The minimum Gasteiger partial charge on any atom is -0.376 e. The second-order valence-electron chi connectivity index (χ2n) is 5.63. The molecule has 2 amide bonds. The predicted molar refractivity (Wildman–Crippen MR) is 96.2 cm³/mol. The van der Waals surface area contributed by atoms with Crippen molar-refractivity contribution in [1.29, 1.82) is 0 Å². The first-order chi connectivity index (χ1) is 11.8. The van der Waals surface area contributed by atoms with Gasteiger partial charge in [-0.1, -0.05) is 18.2 Å². The monoisotopic (exact) mass is 343 g/mol. The molecule has 2 N–H and O–H groups in total. The highest BCUT2D eigenvalue weighted by molar-refractivity contribution is 7.98. The molecule has 2 heterocycles. The number of benzene rings is 1. The zero-order valence-electron chi connectivity index (χ0n) is 13.4. The van der Waals surface area contributed by atoms with Crippen LogP contribution in [0.5, 0.6) is 0 Å². The van der Waals surface area contributed by atoms with Gasteiger partial charge in [-0.3, -0.25) is 0 Å². The van der Waals surface area contributed by atoms with Crippen molar-refractivity contribution in [2.75, 3.05) is 18.5 Å². The number of hydrogen-bond acceptors (Lipinski definition) is 4. The maximum absolute atomic E-state index is 12.0. The predicted octanol–water partition coefficient (Wildman–Crippen LogP) is 3.67. The van der Waals surface area contributed by atoms with Crippen molar-refractivity contribution in [1.82, 2.24) is 10.3 Å². The van der Waals surface area contributed by atoms with Gasteiger partial charge in [0.15, 0.2) is 0 Å². The van der Waals surface area contributed by atoms with Gasteiger partial charge >= 0.3 is 6.03 Å². The number of urea groups is 1. The number of anilines is 1. The standard InChI is InChI=1S/C18H21N3O2S/c22-18(20-12-16-7-4-10-23-16)21-15-6-3-5-14(11-15)13-24-17-8-1-2-9-19-17/h1-3,5-6,8-9,11,16H,4,7,10,12-13H2,(H2,20,21,22). The molecular weight excluding hydrogens is 322 g/mol. The van der Waals surface area contributed by atoms with Crippen LogP contribution in [0.25, 0.3) is 0 Å². The molecule has 0 bridgehead atoms. The van der Waals surface area contributed by atoms with E-state index in [9.17, 15) is 4.79 Å². The van der Waals surface area contributed by atoms with E-state index in [1.54, 1.807) is 18.0 Å². The van der Waals surface area contributed by atoms with Gasteiger partial charge in [0.2, 0.25) is 0 Å². The van der Waals surface area contributed by atoms with E-state index in [1.165, 1.54) is 0 Å². The maximum atomic E-state index is 12.0. The van der Waals surface area contributed by atoms with Gasteiger partial charge in [-0.2, -0.15) is 0 Å². The minimum absolute atomic E-state index is 0.150. The first-order valence-corrected chi connectivity index (χ1v) is 9.07. The van der Waals surface area contributed by atoms with Crippen molar-refractivity contribution in [3.8, 4) is 0 Å². The molecule has 1 atom stereocenters. The third-order valence-electron chi connectivity index (χ3n) is 3.72. The maximum Gasteiger partial charge on any atom is 0.319 e. The summed E-state index contributed by atoms with van der Waals surface area (Å²) in [6.07, 6.45) is 4.03. The Balaban J connectivity index is 1.48. The average Bonchev–Trinajstić information content (AvgIpc) is 3.13. The van der Waals surface area contributed by atoms with Crippen molar-refractivity contribution in [2.24, 2.45) is 0 Å². The fourth-order valence-electron chi connectivity index (χ4n) is 2.52. The molecule has 1 aromatic carbocycles. The summed E-state index contributed by atoms with van der Waals surface area (Å²) in [6, 6.07) is 13.6. The van der Waals surface area contributed by atoms with Gasteiger partial charge in [-0.05, 0) is 42.7 Å². The molecule has 1 unspecified atom stereocenters. The lowest BCUT2D eigenvalue weighted by Crippen LogP contribution is -2.35. The van der Waals surface area contributed by atoms with Crippen molar-refractivity contribution in [2.45, 2.75) is 29.7 Å². The molecule has 1 aromatic heterocycles. The fourth-order valence-corrected chi connectivity index (χ4v) is 3.32. The van der Waals surface area contributed by atoms with Gasteiger partial charge in [0.05, 0.1) is 11.1 Å². The van der Waals surface area contributed by atoms with Gasteiger partial charge in [0.1, 0.15) is 0 Å². The van der Waals surface area contributed by atoms with Crippen molar-refractivity contribution in [3.63, 3.8) is 0 Å². The normalized spacial score (nSPS) is 16.8. The van der Waals surface area contributed by atoms with Gasteiger partial charge in [0, 0.05) is 30.8 Å². The van der Waals surface area contributed by atoms with Crippen LogP contribution in [0, 0.1) is 0 Å². The summed E-state index contributed by atoms with van der Waals surface area (Å²) in [5, 5.41) is 6.72. The number of carbonyl (C=O) groups excluding carboxylic acids is 1. The Kier molecular flexibility index (Phi) is 6.09. The smallest absolute Gasteiger partial charge is 0.319 e. The van der Waals surface area contributed by atoms with Gasteiger partial charge in [-0.25, -0.2) is 9.78 Å². The molecule has 0 aliphatic carbocycles. The Labute approximate surface area is 146 Å². The molecule has 2 aromatic rings. The quantitative estimate of drug-likeness (QED) is 0.786. The Hall–Kier alpha value is -2.05. The second-order valence-corrected chi connectivity index (χ2v) is 6.62. The highest BCUT2D eigenvalue weighted by Gasteiger charge is 2.16. The van der Waals surface area contributed by atoms with E-state index in [2.05, 4.69) is 15.6 Å². The van der Waals surface area contributed by atoms with Crippen LogP contribution in [0.15, 0.2) is 53.7 Å². The van der Waals surface area contributed by atoms with Crippen LogP contribution >= 0.6 is 11.8 Å². The molecular formula is C18H21N3O2S. The molecule has 0 spiro atoms. The summed E-state index contributed by atoms with van der Waals surface area (Å²) in [5.41, 5.74) is 1.93. The SMILES string of the molecule is O=C(NCC1CCCO1)Nc1cccc(CSc2ccccn2)c1. The van der Waals surface area contributed by atoms with Crippen molar-refractivity contribution < 1.29 is 9.53 Å². The lowest BCUT2D eigenvalue weighted by Gasteiger charge is -2.12. The van der Waals surface area contributed by atoms with Gasteiger partial charge in [-0.15, -0.1) is 11.8 Å². The van der Waals surface area contributed by atoms with Gasteiger partial charge < -0.3 is 15.4 Å². The second kappa shape index (κ2) is 8.70. The topological polar surface area (TPSA) is 63.2 Å². The third-order valence-corrected chi connectivity index (χ3v) is 4.74. The highest BCUT2D eigenvalue weighted by Crippen LogP contribution is 2.22. The van der Waals surface area contributed by atoms with E-state index in [0.717, 1.165) is 41.5 Å². The largest absolute Gasteiger partial charge is 0.376 e.